The average molecular weight is 449 g/mol. The molecule has 2 N–H and O–H groups in total. The molecule has 2 aliphatic rings. The average Bonchev–Trinajstić information content (AvgIpc) is 3.08. The van der Waals surface area contributed by atoms with Crippen LogP contribution in [0.15, 0.2) is 42.5 Å². The number of aromatic nitrogens is 3. The Morgan fingerprint density at radius 3 is 2.52 bits per heavy atom. The zero-order chi connectivity index (χ0) is 22.5. The van der Waals surface area contributed by atoms with Crippen molar-refractivity contribution in [3.8, 4) is 0 Å². The Morgan fingerprint density at radius 1 is 1.00 bits per heavy atom. The van der Waals surface area contributed by atoms with E-state index < -0.39 is 0 Å². The standard InChI is InChI=1S/C25H32N6O2/c32-24(20-12-10-19(11-13-20)18-30-14-16-33-17-15-30)28-25-27-23-9-5-8-22(31(23)29-25)26-21-6-3-1-2-4-7-21/h5,8-13,21,26H,1-4,6-7,14-18H2,(H,28,29,32). The maximum atomic E-state index is 12.8. The number of carbonyl (C=O) groups excluding carboxylic acids is 1. The molecule has 3 heterocycles. The van der Waals surface area contributed by atoms with E-state index in [0.29, 0.717) is 23.2 Å². The summed E-state index contributed by atoms with van der Waals surface area (Å²) in [4.78, 5) is 19.7. The lowest BCUT2D eigenvalue weighted by molar-refractivity contribution is 0.0342. The van der Waals surface area contributed by atoms with Crippen LogP contribution in [0, 0.1) is 0 Å². The molecule has 33 heavy (non-hydrogen) atoms. The van der Waals surface area contributed by atoms with E-state index in [1.54, 1.807) is 4.52 Å². The Balaban J connectivity index is 1.24. The molecule has 174 valence electrons. The van der Waals surface area contributed by atoms with Crippen molar-refractivity contribution >= 4 is 23.3 Å². The second-order valence-corrected chi connectivity index (χ2v) is 8.99. The van der Waals surface area contributed by atoms with Gasteiger partial charge in [-0.3, -0.25) is 15.0 Å². The Labute approximate surface area is 194 Å². The van der Waals surface area contributed by atoms with Crippen molar-refractivity contribution in [2.24, 2.45) is 0 Å². The van der Waals surface area contributed by atoms with Crippen molar-refractivity contribution < 1.29 is 9.53 Å². The van der Waals surface area contributed by atoms with Crippen LogP contribution in [-0.2, 0) is 11.3 Å². The summed E-state index contributed by atoms with van der Waals surface area (Å²) < 4.78 is 7.19. The number of pyridine rings is 1. The molecule has 1 amide bonds. The molecule has 8 heteroatoms. The third-order valence-corrected chi connectivity index (χ3v) is 6.52. The van der Waals surface area contributed by atoms with Crippen molar-refractivity contribution in [3.63, 3.8) is 0 Å². The fourth-order valence-electron chi connectivity index (χ4n) is 4.65. The van der Waals surface area contributed by atoms with E-state index in [2.05, 4.69) is 25.6 Å². The number of amides is 1. The summed E-state index contributed by atoms with van der Waals surface area (Å²) in [7, 11) is 0. The second-order valence-electron chi connectivity index (χ2n) is 8.99. The summed E-state index contributed by atoms with van der Waals surface area (Å²) in [5.74, 6) is 1.02. The normalized spacial score (nSPS) is 18.2. The van der Waals surface area contributed by atoms with Gasteiger partial charge >= 0.3 is 0 Å². The van der Waals surface area contributed by atoms with Gasteiger partial charge in [-0.1, -0.05) is 43.9 Å². The monoisotopic (exact) mass is 448 g/mol. The van der Waals surface area contributed by atoms with Gasteiger partial charge in [0.15, 0.2) is 5.65 Å². The van der Waals surface area contributed by atoms with Gasteiger partial charge in [-0.2, -0.15) is 9.50 Å². The smallest absolute Gasteiger partial charge is 0.258 e. The topological polar surface area (TPSA) is 83.8 Å². The van der Waals surface area contributed by atoms with Crippen molar-refractivity contribution in [1.82, 2.24) is 19.5 Å². The van der Waals surface area contributed by atoms with Gasteiger partial charge in [0, 0.05) is 31.2 Å². The zero-order valence-electron chi connectivity index (χ0n) is 19.0. The van der Waals surface area contributed by atoms with Crippen LogP contribution in [0.5, 0.6) is 0 Å². The first-order valence-electron chi connectivity index (χ1n) is 12.1. The van der Waals surface area contributed by atoms with Crippen molar-refractivity contribution in [2.45, 2.75) is 51.1 Å². The summed E-state index contributed by atoms with van der Waals surface area (Å²) in [6, 6.07) is 14.1. The molecule has 2 fully saturated rings. The third-order valence-electron chi connectivity index (χ3n) is 6.52. The van der Waals surface area contributed by atoms with Crippen LogP contribution in [0.25, 0.3) is 5.65 Å². The highest BCUT2D eigenvalue weighted by atomic mass is 16.5. The largest absolute Gasteiger partial charge is 0.379 e. The molecule has 1 saturated heterocycles. The molecule has 1 aromatic carbocycles. The van der Waals surface area contributed by atoms with E-state index in [1.807, 2.05) is 42.5 Å². The van der Waals surface area contributed by atoms with Crippen molar-refractivity contribution in [2.75, 3.05) is 36.9 Å². The molecule has 2 aromatic heterocycles. The maximum Gasteiger partial charge on any atom is 0.258 e. The van der Waals surface area contributed by atoms with Crippen molar-refractivity contribution in [3.05, 3.63) is 53.6 Å². The molecular weight excluding hydrogens is 416 g/mol. The van der Waals surface area contributed by atoms with Gasteiger partial charge in [0.2, 0.25) is 5.95 Å². The fourth-order valence-corrected chi connectivity index (χ4v) is 4.65. The number of rotatable bonds is 6. The highest BCUT2D eigenvalue weighted by Gasteiger charge is 2.16. The molecule has 5 rings (SSSR count). The number of morpholine rings is 1. The minimum absolute atomic E-state index is 0.206. The molecule has 1 saturated carbocycles. The van der Waals surface area contributed by atoms with Gasteiger partial charge in [0.1, 0.15) is 5.82 Å². The molecule has 0 atom stereocenters. The molecule has 0 spiro atoms. The number of ether oxygens (including phenoxy) is 1. The highest BCUT2D eigenvalue weighted by molar-refractivity contribution is 6.03. The van der Waals surface area contributed by atoms with E-state index in [4.69, 9.17) is 4.74 Å². The Kier molecular flexibility index (Phi) is 6.83. The molecule has 1 aliphatic heterocycles. The number of nitrogens with one attached hydrogen (secondary N) is 2. The molecule has 0 bridgehead atoms. The number of fused-ring (bicyclic) bond motifs is 1. The van der Waals surface area contributed by atoms with E-state index >= 15 is 0 Å². The summed E-state index contributed by atoms with van der Waals surface area (Å²) in [5, 5.41) is 11.0. The van der Waals surface area contributed by atoms with Crippen LogP contribution >= 0.6 is 0 Å². The lowest BCUT2D eigenvalue weighted by atomic mass is 10.1. The lowest BCUT2D eigenvalue weighted by Gasteiger charge is -2.26. The minimum atomic E-state index is -0.206. The SMILES string of the molecule is O=C(Nc1nc2cccc(NC3CCCCCC3)n2n1)c1ccc(CN2CCOCC2)cc1. The summed E-state index contributed by atoms with van der Waals surface area (Å²) in [5.41, 5.74) is 2.50. The summed E-state index contributed by atoms with van der Waals surface area (Å²) >= 11 is 0. The Morgan fingerprint density at radius 2 is 1.76 bits per heavy atom. The van der Waals surface area contributed by atoms with E-state index in [-0.39, 0.29) is 5.91 Å². The quantitative estimate of drug-likeness (QED) is 0.556. The molecule has 3 aromatic rings. The Hall–Kier alpha value is -2.97. The van der Waals surface area contributed by atoms with Crippen LogP contribution in [0.4, 0.5) is 11.8 Å². The number of anilines is 2. The van der Waals surface area contributed by atoms with Gasteiger partial charge in [-0.15, -0.1) is 5.10 Å². The number of hydrogen-bond donors (Lipinski definition) is 2. The molecule has 0 radical (unpaired) electrons. The maximum absolute atomic E-state index is 12.8. The third kappa shape index (κ3) is 5.51. The lowest BCUT2D eigenvalue weighted by Crippen LogP contribution is -2.35. The number of benzene rings is 1. The van der Waals surface area contributed by atoms with Gasteiger partial charge in [0.05, 0.1) is 13.2 Å². The number of carbonyl (C=O) groups is 1. The summed E-state index contributed by atoms with van der Waals surface area (Å²) in [6.07, 6.45) is 7.51. The van der Waals surface area contributed by atoms with Gasteiger partial charge in [0.25, 0.3) is 5.91 Å². The zero-order valence-corrected chi connectivity index (χ0v) is 19.0. The van der Waals surface area contributed by atoms with E-state index in [0.717, 1.165) is 38.7 Å². The van der Waals surface area contributed by atoms with Crippen LogP contribution in [0.1, 0.15) is 54.4 Å². The van der Waals surface area contributed by atoms with Crippen LogP contribution in [-0.4, -0.2) is 57.8 Å². The number of nitrogens with zero attached hydrogens (tertiary/aromatic N) is 4. The first kappa shape index (κ1) is 21.9. The minimum Gasteiger partial charge on any atom is -0.379 e. The summed E-state index contributed by atoms with van der Waals surface area (Å²) in [6.45, 7) is 4.32. The molecule has 1 aliphatic carbocycles. The molecular formula is C25H32N6O2. The van der Waals surface area contributed by atoms with E-state index in [9.17, 15) is 4.79 Å². The fraction of sp³-hybridized carbons (Fsp3) is 0.480. The first-order valence-corrected chi connectivity index (χ1v) is 12.1. The van der Waals surface area contributed by atoms with E-state index in [1.165, 1.54) is 44.1 Å². The molecule has 8 nitrogen and oxygen atoms in total. The predicted molar refractivity (Wildman–Crippen MR) is 129 cm³/mol. The van der Waals surface area contributed by atoms with Gasteiger partial charge < -0.3 is 10.1 Å². The Bertz CT molecular complexity index is 1070. The van der Waals surface area contributed by atoms with Crippen molar-refractivity contribution in [1.29, 1.82) is 0 Å². The van der Waals surface area contributed by atoms with Crippen LogP contribution in [0.2, 0.25) is 0 Å². The van der Waals surface area contributed by atoms with Gasteiger partial charge in [-0.05, 0) is 42.7 Å². The van der Waals surface area contributed by atoms with Crippen LogP contribution < -0.4 is 10.6 Å². The second kappa shape index (κ2) is 10.3. The number of hydrogen-bond acceptors (Lipinski definition) is 6. The molecule has 0 unspecified atom stereocenters. The van der Waals surface area contributed by atoms with Gasteiger partial charge in [-0.25, -0.2) is 0 Å². The van der Waals surface area contributed by atoms with Crippen LogP contribution in [0.3, 0.4) is 0 Å². The highest BCUT2D eigenvalue weighted by Crippen LogP contribution is 2.22. The first-order chi connectivity index (χ1) is 16.2. The predicted octanol–water partition coefficient (Wildman–Crippen LogP) is 3.95.